The number of rotatable bonds is 8. The van der Waals surface area contributed by atoms with Gasteiger partial charge in [0.25, 0.3) is 0 Å². The van der Waals surface area contributed by atoms with E-state index in [2.05, 4.69) is 4.90 Å². The SMILES string of the molecule is CC[C@@H](O)c1ccc(N(CCO)CCOC)cc1. The molecule has 18 heavy (non-hydrogen) atoms. The van der Waals surface area contributed by atoms with Crippen molar-refractivity contribution in [1.29, 1.82) is 0 Å². The number of nitrogens with zero attached hydrogens (tertiary/aromatic N) is 1. The van der Waals surface area contributed by atoms with Crippen LogP contribution in [0.1, 0.15) is 25.0 Å². The van der Waals surface area contributed by atoms with Crippen LogP contribution in [0.25, 0.3) is 0 Å². The van der Waals surface area contributed by atoms with Crippen molar-refractivity contribution in [3.8, 4) is 0 Å². The van der Waals surface area contributed by atoms with Crippen LogP contribution in [0.4, 0.5) is 5.69 Å². The van der Waals surface area contributed by atoms with Crippen LogP contribution >= 0.6 is 0 Å². The molecule has 102 valence electrons. The number of hydrogen-bond acceptors (Lipinski definition) is 4. The summed E-state index contributed by atoms with van der Waals surface area (Å²) in [5.74, 6) is 0. The van der Waals surface area contributed by atoms with Gasteiger partial charge >= 0.3 is 0 Å². The molecule has 1 aromatic rings. The quantitative estimate of drug-likeness (QED) is 0.738. The van der Waals surface area contributed by atoms with Gasteiger partial charge in [-0.2, -0.15) is 0 Å². The topological polar surface area (TPSA) is 52.9 Å². The Bertz CT molecular complexity index is 326. The first-order valence-corrected chi connectivity index (χ1v) is 6.35. The minimum absolute atomic E-state index is 0.114. The van der Waals surface area contributed by atoms with Crippen molar-refractivity contribution in [2.24, 2.45) is 0 Å². The Morgan fingerprint density at radius 3 is 2.39 bits per heavy atom. The van der Waals surface area contributed by atoms with E-state index in [1.165, 1.54) is 0 Å². The van der Waals surface area contributed by atoms with Crippen molar-refractivity contribution in [2.75, 3.05) is 38.3 Å². The number of methoxy groups -OCH3 is 1. The predicted molar refractivity (Wildman–Crippen MR) is 72.9 cm³/mol. The summed E-state index contributed by atoms with van der Waals surface area (Å²) in [6, 6.07) is 7.81. The van der Waals surface area contributed by atoms with Crippen LogP contribution in [0.5, 0.6) is 0 Å². The third-order valence-electron chi connectivity index (χ3n) is 2.96. The number of hydrogen-bond donors (Lipinski definition) is 2. The highest BCUT2D eigenvalue weighted by atomic mass is 16.5. The average molecular weight is 253 g/mol. The predicted octanol–water partition coefficient (Wildman–Crippen LogP) is 1.58. The molecular weight excluding hydrogens is 230 g/mol. The average Bonchev–Trinajstić information content (AvgIpc) is 2.43. The summed E-state index contributed by atoms with van der Waals surface area (Å²) in [5.41, 5.74) is 1.96. The number of anilines is 1. The first-order chi connectivity index (χ1) is 8.72. The van der Waals surface area contributed by atoms with Crippen LogP contribution in [0.15, 0.2) is 24.3 Å². The first-order valence-electron chi connectivity index (χ1n) is 6.35. The third kappa shape index (κ3) is 4.29. The van der Waals surface area contributed by atoms with Gasteiger partial charge in [-0.1, -0.05) is 19.1 Å². The second-order valence-electron chi connectivity index (χ2n) is 4.22. The number of aliphatic hydroxyl groups is 2. The highest BCUT2D eigenvalue weighted by Gasteiger charge is 2.08. The maximum atomic E-state index is 9.73. The fraction of sp³-hybridized carbons (Fsp3) is 0.571. The molecule has 0 radical (unpaired) electrons. The Morgan fingerprint density at radius 1 is 1.22 bits per heavy atom. The molecule has 0 amide bonds. The molecule has 2 N–H and O–H groups in total. The molecule has 0 aliphatic heterocycles. The summed E-state index contributed by atoms with van der Waals surface area (Å²) in [6.07, 6.45) is 0.313. The summed E-state index contributed by atoms with van der Waals surface area (Å²) in [7, 11) is 1.66. The summed E-state index contributed by atoms with van der Waals surface area (Å²) >= 11 is 0. The fourth-order valence-electron chi connectivity index (χ4n) is 1.84. The van der Waals surface area contributed by atoms with Gasteiger partial charge in [-0.05, 0) is 24.1 Å². The molecule has 1 rings (SSSR count). The van der Waals surface area contributed by atoms with Crippen LogP contribution in [-0.2, 0) is 4.74 Å². The van der Waals surface area contributed by atoms with E-state index >= 15 is 0 Å². The zero-order chi connectivity index (χ0) is 13.4. The molecule has 0 saturated heterocycles. The van der Waals surface area contributed by atoms with E-state index in [0.29, 0.717) is 19.6 Å². The van der Waals surface area contributed by atoms with Crippen molar-refractivity contribution in [3.63, 3.8) is 0 Å². The Balaban J connectivity index is 2.73. The van der Waals surface area contributed by atoms with Gasteiger partial charge < -0.3 is 19.8 Å². The first kappa shape index (κ1) is 15.0. The van der Waals surface area contributed by atoms with Gasteiger partial charge in [-0.25, -0.2) is 0 Å². The van der Waals surface area contributed by atoms with E-state index < -0.39 is 6.10 Å². The van der Waals surface area contributed by atoms with E-state index in [9.17, 15) is 5.11 Å². The fourth-order valence-corrected chi connectivity index (χ4v) is 1.84. The summed E-state index contributed by atoms with van der Waals surface area (Å²) in [4.78, 5) is 2.06. The Morgan fingerprint density at radius 2 is 1.89 bits per heavy atom. The second-order valence-corrected chi connectivity index (χ2v) is 4.22. The zero-order valence-corrected chi connectivity index (χ0v) is 11.2. The van der Waals surface area contributed by atoms with Gasteiger partial charge in [-0.15, -0.1) is 0 Å². The maximum Gasteiger partial charge on any atom is 0.0787 e. The lowest BCUT2D eigenvalue weighted by Crippen LogP contribution is -2.30. The largest absolute Gasteiger partial charge is 0.395 e. The van der Waals surface area contributed by atoms with Crippen molar-refractivity contribution >= 4 is 5.69 Å². The smallest absolute Gasteiger partial charge is 0.0787 e. The highest BCUT2D eigenvalue weighted by molar-refractivity contribution is 5.48. The molecule has 0 aliphatic rings. The van der Waals surface area contributed by atoms with Crippen LogP contribution < -0.4 is 4.90 Å². The van der Waals surface area contributed by atoms with Gasteiger partial charge in [0.1, 0.15) is 0 Å². The van der Waals surface area contributed by atoms with Crippen LogP contribution in [0, 0.1) is 0 Å². The monoisotopic (exact) mass is 253 g/mol. The van der Waals surface area contributed by atoms with E-state index in [4.69, 9.17) is 9.84 Å². The van der Waals surface area contributed by atoms with Crippen molar-refractivity contribution in [1.82, 2.24) is 0 Å². The maximum absolute atomic E-state index is 9.73. The van der Waals surface area contributed by atoms with E-state index in [-0.39, 0.29) is 6.61 Å². The number of ether oxygens (including phenoxy) is 1. The minimum atomic E-state index is -0.399. The van der Waals surface area contributed by atoms with E-state index in [1.54, 1.807) is 7.11 Å². The van der Waals surface area contributed by atoms with Gasteiger partial charge in [0.05, 0.1) is 19.3 Å². The van der Waals surface area contributed by atoms with Gasteiger partial charge in [0.15, 0.2) is 0 Å². The molecule has 0 spiro atoms. The van der Waals surface area contributed by atoms with Crippen molar-refractivity contribution in [3.05, 3.63) is 29.8 Å². The molecule has 0 saturated carbocycles. The van der Waals surface area contributed by atoms with Crippen molar-refractivity contribution in [2.45, 2.75) is 19.4 Å². The van der Waals surface area contributed by atoms with Gasteiger partial charge in [0.2, 0.25) is 0 Å². The Kier molecular flexibility index (Phi) is 6.72. The molecule has 0 heterocycles. The molecule has 0 bridgehead atoms. The molecule has 4 nitrogen and oxygen atoms in total. The summed E-state index contributed by atoms with van der Waals surface area (Å²) < 4.78 is 5.06. The summed E-state index contributed by atoms with van der Waals surface area (Å²) in [6.45, 7) is 4.02. The molecule has 0 aromatic heterocycles. The third-order valence-corrected chi connectivity index (χ3v) is 2.96. The molecule has 0 aliphatic carbocycles. The second kappa shape index (κ2) is 8.08. The van der Waals surface area contributed by atoms with E-state index in [0.717, 1.165) is 17.8 Å². The molecule has 0 unspecified atom stereocenters. The van der Waals surface area contributed by atoms with E-state index in [1.807, 2.05) is 31.2 Å². The Hall–Kier alpha value is -1.10. The van der Waals surface area contributed by atoms with Crippen molar-refractivity contribution < 1.29 is 14.9 Å². The molecule has 1 atom stereocenters. The summed E-state index contributed by atoms with van der Waals surface area (Å²) in [5, 5.41) is 18.8. The van der Waals surface area contributed by atoms with Crippen LogP contribution in [-0.4, -0.2) is 43.6 Å². The normalized spacial score (nSPS) is 12.4. The molecular formula is C14H23NO3. The Labute approximate surface area is 109 Å². The zero-order valence-electron chi connectivity index (χ0n) is 11.2. The van der Waals surface area contributed by atoms with Gasteiger partial charge in [-0.3, -0.25) is 0 Å². The molecule has 4 heteroatoms. The lowest BCUT2D eigenvalue weighted by molar-refractivity contribution is 0.173. The van der Waals surface area contributed by atoms with Crippen LogP contribution in [0.2, 0.25) is 0 Å². The minimum Gasteiger partial charge on any atom is -0.395 e. The molecule has 1 aromatic carbocycles. The highest BCUT2D eigenvalue weighted by Crippen LogP contribution is 2.20. The number of aliphatic hydroxyl groups excluding tert-OH is 2. The van der Waals surface area contributed by atoms with Gasteiger partial charge in [0, 0.05) is 25.9 Å². The molecule has 0 fully saturated rings. The number of benzene rings is 1. The lowest BCUT2D eigenvalue weighted by Gasteiger charge is -2.24. The lowest BCUT2D eigenvalue weighted by atomic mass is 10.1. The standard InChI is InChI=1S/C14H23NO3/c1-3-14(17)12-4-6-13(7-5-12)15(8-10-16)9-11-18-2/h4-7,14,16-17H,3,8-11H2,1-2H3/t14-/m1/s1. The van der Waals surface area contributed by atoms with Crippen LogP contribution in [0.3, 0.4) is 0 Å².